The van der Waals surface area contributed by atoms with Gasteiger partial charge < -0.3 is 10.2 Å². The van der Waals surface area contributed by atoms with Crippen molar-refractivity contribution in [1.82, 2.24) is 9.97 Å². The lowest BCUT2D eigenvalue weighted by Gasteiger charge is -1.93. The standard InChI is InChI=1S/C12H8FN3O/c13-8-3-1-7(2-4-8)12-16-11-10(17-12)9(14)5-6-15-11/h1-6H,(H2,14,15). The highest BCUT2D eigenvalue weighted by Crippen LogP contribution is 2.26. The number of nitrogens with two attached hydrogens (primary N) is 1. The van der Waals surface area contributed by atoms with Crippen LogP contribution in [0.2, 0.25) is 0 Å². The van der Waals surface area contributed by atoms with E-state index in [2.05, 4.69) is 9.97 Å². The van der Waals surface area contributed by atoms with Crippen molar-refractivity contribution in [2.45, 2.75) is 0 Å². The van der Waals surface area contributed by atoms with Crippen LogP contribution < -0.4 is 5.73 Å². The lowest BCUT2D eigenvalue weighted by atomic mass is 10.2. The van der Waals surface area contributed by atoms with Gasteiger partial charge in [-0.1, -0.05) is 0 Å². The number of hydrogen-bond donors (Lipinski definition) is 1. The maximum Gasteiger partial charge on any atom is 0.229 e. The van der Waals surface area contributed by atoms with Gasteiger partial charge in [0.05, 0.1) is 5.69 Å². The summed E-state index contributed by atoms with van der Waals surface area (Å²) in [7, 11) is 0. The molecule has 0 unspecified atom stereocenters. The monoisotopic (exact) mass is 229 g/mol. The van der Waals surface area contributed by atoms with E-state index >= 15 is 0 Å². The molecule has 0 atom stereocenters. The van der Waals surface area contributed by atoms with Crippen LogP contribution in [0.5, 0.6) is 0 Å². The fourth-order valence-electron chi connectivity index (χ4n) is 1.57. The molecule has 0 radical (unpaired) electrons. The minimum absolute atomic E-state index is 0.303. The number of aromatic nitrogens is 2. The summed E-state index contributed by atoms with van der Waals surface area (Å²) in [6.45, 7) is 0. The molecule has 2 aromatic heterocycles. The topological polar surface area (TPSA) is 64.9 Å². The van der Waals surface area contributed by atoms with Gasteiger partial charge in [0.25, 0.3) is 0 Å². The van der Waals surface area contributed by atoms with Crippen molar-refractivity contribution in [2.75, 3.05) is 5.73 Å². The minimum Gasteiger partial charge on any atom is -0.432 e. The fourth-order valence-corrected chi connectivity index (χ4v) is 1.57. The van der Waals surface area contributed by atoms with Crippen molar-refractivity contribution < 1.29 is 8.81 Å². The van der Waals surface area contributed by atoms with Crippen LogP contribution in [0.25, 0.3) is 22.7 Å². The molecular weight excluding hydrogens is 221 g/mol. The molecule has 3 aromatic rings. The van der Waals surface area contributed by atoms with E-state index in [1.54, 1.807) is 24.4 Å². The largest absolute Gasteiger partial charge is 0.432 e. The zero-order chi connectivity index (χ0) is 11.8. The maximum atomic E-state index is 12.8. The van der Waals surface area contributed by atoms with Crippen LogP contribution in [0.4, 0.5) is 10.1 Å². The number of fused-ring (bicyclic) bond motifs is 1. The molecule has 0 amide bonds. The molecule has 0 spiro atoms. The van der Waals surface area contributed by atoms with Gasteiger partial charge in [-0.3, -0.25) is 0 Å². The quantitative estimate of drug-likeness (QED) is 0.696. The third-order valence-corrected chi connectivity index (χ3v) is 2.41. The van der Waals surface area contributed by atoms with Crippen molar-refractivity contribution in [3.63, 3.8) is 0 Å². The average Bonchev–Trinajstić information content (AvgIpc) is 2.75. The van der Waals surface area contributed by atoms with E-state index in [1.807, 2.05) is 0 Å². The second-order valence-corrected chi connectivity index (χ2v) is 3.58. The van der Waals surface area contributed by atoms with Crippen molar-refractivity contribution >= 4 is 16.9 Å². The van der Waals surface area contributed by atoms with E-state index in [9.17, 15) is 4.39 Å². The summed E-state index contributed by atoms with van der Waals surface area (Å²) in [6.07, 6.45) is 1.56. The van der Waals surface area contributed by atoms with Crippen LogP contribution >= 0.6 is 0 Å². The number of rotatable bonds is 1. The number of oxazole rings is 1. The third kappa shape index (κ3) is 1.61. The van der Waals surface area contributed by atoms with Gasteiger partial charge in [0.2, 0.25) is 11.5 Å². The highest BCUT2D eigenvalue weighted by Gasteiger charge is 2.10. The second-order valence-electron chi connectivity index (χ2n) is 3.58. The minimum atomic E-state index is -0.303. The Morgan fingerprint density at radius 2 is 1.88 bits per heavy atom. The molecule has 0 aliphatic heterocycles. The van der Waals surface area contributed by atoms with Crippen LogP contribution in [0.3, 0.4) is 0 Å². The Morgan fingerprint density at radius 1 is 1.12 bits per heavy atom. The zero-order valence-electron chi connectivity index (χ0n) is 8.72. The summed E-state index contributed by atoms with van der Waals surface area (Å²) >= 11 is 0. The molecule has 0 aliphatic rings. The Kier molecular flexibility index (Phi) is 2.04. The van der Waals surface area contributed by atoms with Crippen molar-refractivity contribution in [2.24, 2.45) is 0 Å². The van der Waals surface area contributed by atoms with Crippen LogP contribution in [0.1, 0.15) is 0 Å². The van der Waals surface area contributed by atoms with Crippen molar-refractivity contribution in [3.8, 4) is 11.5 Å². The number of halogens is 1. The Morgan fingerprint density at radius 3 is 2.59 bits per heavy atom. The van der Waals surface area contributed by atoms with Gasteiger partial charge in [-0.25, -0.2) is 9.37 Å². The van der Waals surface area contributed by atoms with Gasteiger partial charge in [0.15, 0.2) is 5.58 Å². The lowest BCUT2D eigenvalue weighted by Crippen LogP contribution is -1.85. The molecule has 17 heavy (non-hydrogen) atoms. The third-order valence-electron chi connectivity index (χ3n) is 2.41. The first-order valence-electron chi connectivity index (χ1n) is 5.01. The summed E-state index contributed by atoms with van der Waals surface area (Å²) < 4.78 is 18.3. The average molecular weight is 229 g/mol. The SMILES string of the molecule is Nc1ccnc2nc(-c3ccc(F)cc3)oc12. The Labute approximate surface area is 95.9 Å². The number of hydrogen-bond acceptors (Lipinski definition) is 4. The van der Waals surface area contributed by atoms with Crippen LogP contribution in [-0.4, -0.2) is 9.97 Å². The summed E-state index contributed by atoms with van der Waals surface area (Å²) in [5.41, 5.74) is 7.80. The highest BCUT2D eigenvalue weighted by atomic mass is 19.1. The van der Waals surface area contributed by atoms with Gasteiger partial charge in [0.1, 0.15) is 5.82 Å². The molecule has 4 nitrogen and oxygen atoms in total. The first kappa shape index (κ1) is 9.77. The predicted octanol–water partition coefficient (Wildman–Crippen LogP) is 2.61. The number of nitrogens with zero attached hydrogens (tertiary/aromatic N) is 2. The second kappa shape index (κ2) is 3.55. The molecular formula is C12H8FN3O. The Balaban J connectivity index is 2.18. The number of pyridine rings is 1. The molecule has 5 heteroatoms. The van der Waals surface area contributed by atoms with Gasteiger partial charge in [-0.05, 0) is 30.3 Å². The Bertz CT molecular complexity index is 676. The van der Waals surface area contributed by atoms with Crippen molar-refractivity contribution in [3.05, 3.63) is 42.3 Å². The summed E-state index contributed by atoms with van der Waals surface area (Å²) in [5.74, 6) is 0.0768. The molecule has 3 rings (SSSR count). The molecule has 0 saturated carbocycles. The van der Waals surface area contributed by atoms with Crippen LogP contribution in [-0.2, 0) is 0 Å². The van der Waals surface area contributed by atoms with Gasteiger partial charge in [0, 0.05) is 11.8 Å². The number of nitrogen functional groups attached to an aromatic ring is 1. The molecule has 2 N–H and O–H groups in total. The van der Waals surface area contributed by atoms with Gasteiger partial charge in [-0.15, -0.1) is 0 Å². The highest BCUT2D eigenvalue weighted by molar-refractivity contribution is 5.83. The fraction of sp³-hybridized carbons (Fsp3) is 0. The van der Waals surface area contributed by atoms with Crippen molar-refractivity contribution in [1.29, 1.82) is 0 Å². The normalized spacial score (nSPS) is 10.9. The van der Waals surface area contributed by atoms with Crippen LogP contribution in [0, 0.1) is 5.82 Å². The van der Waals surface area contributed by atoms with E-state index in [0.29, 0.717) is 28.4 Å². The first-order chi connectivity index (χ1) is 8.24. The molecule has 84 valence electrons. The summed E-state index contributed by atoms with van der Waals surface area (Å²) in [6, 6.07) is 7.52. The smallest absolute Gasteiger partial charge is 0.229 e. The lowest BCUT2D eigenvalue weighted by molar-refractivity contribution is 0.617. The van der Waals surface area contributed by atoms with E-state index in [-0.39, 0.29) is 5.82 Å². The Hall–Kier alpha value is -2.43. The van der Waals surface area contributed by atoms with E-state index < -0.39 is 0 Å². The number of anilines is 1. The predicted molar refractivity (Wildman–Crippen MR) is 61.6 cm³/mol. The summed E-state index contributed by atoms with van der Waals surface area (Å²) in [4.78, 5) is 8.24. The zero-order valence-corrected chi connectivity index (χ0v) is 8.72. The molecule has 1 aromatic carbocycles. The van der Waals surface area contributed by atoms with E-state index in [0.717, 1.165) is 0 Å². The molecule has 0 fully saturated rings. The first-order valence-corrected chi connectivity index (χ1v) is 5.01. The number of benzene rings is 1. The maximum absolute atomic E-state index is 12.8. The van der Waals surface area contributed by atoms with E-state index in [1.165, 1.54) is 12.1 Å². The van der Waals surface area contributed by atoms with E-state index in [4.69, 9.17) is 10.2 Å². The van der Waals surface area contributed by atoms with Crippen LogP contribution in [0.15, 0.2) is 40.9 Å². The summed E-state index contributed by atoms with van der Waals surface area (Å²) in [5, 5.41) is 0. The molecule has 0 bridgehead atoms. The molecule has 0 saturated heterocycles. The molecule has 0 aliphatic carbocycles. The van der Waals surface area contributed by atoms with Gasteiger partial charge >= 0.3 is 0 Å². The molecule has 2 heterocycles. The van der Waals surface area contributed by atoms with Gasteiger partial charge in [-0.2, -0.15) is 4.98 Å².